The molecule has 1 atom stereocenters. The van der Waals surface area contributed by atoms with Crippen LogP contribution in [0.2, 0.25) is 0 Å². The van der Waals surface area contributed by atoms with E-state index in [0.717, 1.165) is 21.9 Å². The number of nitrogens with zero attached hydrogens (tertiary/aromatic N) is 1. The largest absolute Gasteiger partial charge is 0.458 e. The molecule has 5 rings (SSSR count). The van der Waals surface area contributed by atoms with Gasteiger partial charge in [0.1, 0.15) is 6.61 Å². The third-order valence-electron chi connectivity index (χ3n) is 5.56. The summed E-state index contributed by atoms with van der Waals surface area (Å²) in [6.45, 7) is 1.86. The van der Waals surface area contributed by atoms with E-state index in [0.29, 0.717) is 12.2 Å². The second-order valence-corrected chi connectivity index (χ2v) is 6.90. The molecule has 0 saturated heterocycles. The van der Waals surface area contributed by atoms with Gasteiger partial charge in [-0.2, -0.15) is 0 Å². The highest BCUT2D eigenvalue weighted by atomic mass is 19.1. The van der Waals surface area contributed by atoms with Gasteiger partial charge in [0.15, 0.2) is 0 Å². The van der Waals surface area contributed by atoms with Gasteiger partial charge in [0.25, 0.3) is 5.56 Å². The quantitative estimate of drug-likeness (QED) is 0.493. The van der Waals surface area contributed by atoms with Crippen LogP contribution in [0.15, 0.2) is 47.3 Å². The minimum absolute atomic E-state index is 0.0632. The lowest BCUT2D eigenvalue weighted by molar-refractivity contribution is -0.163. The summed E-state index contributed by atoms with van der Waals surface area (Å²) in [6.07, 6.45) is -0.0632. The average molecular weight is 349 g/mol. The number of alkyl halides is 1. The fourth-order valence-corrected chi connectivity index (χ4v) is 4.09. The zero-order chi connectivity index (χ0) is 18.1. The van der Waals surface area contributed by atoms with Crippen LogP contribution in [0.1, 0.15) is 30.0 Å². The Morgan fingerprint density at radius 2 is 1.88 bits per heavy atom. The molecule has 1 aromatic heterocycles. The number of cyclic esters (lactones) is 1. The van der Waals surface area contributed by atoms with Gasteiger partial charge < -0.3 is 9.30 Å². The second kappa shape index (κ2) is 5.04. The molecule has 5 heteroatoms. The van der Waals surface area contributed by atoms with E-state index in [1.54, 1.807) is 17.6 Å². The monoisotopic (exact) mass is 349 g/mol. The molecule has 0 saturated carbocycles. The van der Waals surface area contributed by atoms with Crippen LogP contribution in [-0.2, 0) is 28.4 Å². The van der Waals surface area contributed by atoms with E-state index in [-0.39, 0.29) is 29.7 Å². The van der Waals surface area contributed by atoms with Gasteiger partial charge in [0.05, 0.1) is 17.8 Å². The number of esters is 1. The zero-order valence-electron chi connectivity index (χ0n) is 14.2. The van der Waals surface area contributed by atoms with Crippen LogP contribution >= 0.6 is 0 Å². The Hall–Kier alpha value is -2.95. The number of aromatic nitrogens is 1. The molecule has 3 aromatic rings. The molecule has 0 fully saturated rings. The van der Waals surface area contributed by atoms with E-state index in [1.807, 2.05) is 30.3 Å². The summed E-state index contributed by atoms with van der Waals surface area (Å²) >= 11 is 0. The van der Waals surface area contributed by atoms with Crippen molar-refractivity contribution in [3.8, 4) is 11.3 Å². The van der Waals surface area contributed by atoms with Crippen LogP contribution in [-0.4, -0.2) is 10.5 Å². The molecular formula is C21H16FNO3. The van der Waals surface area contributed by atoms with Crippen molar-refractivity contribution in [2.75, 3.05) is 0 Å². The van der Waals surface area contributed by atoms with E-state index < -0.39 is 11.6 Å². The summed E-state index contributed by atoms with van der Waals surface area (Å²) in [7, 11) is 0. The third-order valence-corrected chi connectivity index (χ3v) is 5.56. The summed E-state index contributed by atoms with van der Waals surface area (Å²) in [5, 5.41) is 2.16. The fourth-order valence-electron chi connectivity index (χ4n) is 4.09. The maximum Gasteiger partial charge on any atom is 0.348 e. The molecule has 0 spiro atoms. The fraction of sp³-hybridized carbons (Fsp3) is 0.238. The van der Waals surface area contributed by atoms with Crippen LogP contribution in [0.25, 0.3) is 22.0 Å². The predicted molar refractivity (Wildman–Crippen MR) is 95.6 cm³/mol. The maximum absolute atomic E-state index is 15.3. The minimum Gasteiger partial charge on any atom is -0.458 e. The number of hydrogen-bond donors (Lipinski definition) is 0. The standard InChI is InChI=1S/C21H16FNO3/c1-2-21(22)17-9-18-15-8-13-6-4-3-5-12(13)7-14(15)10-23(18)19(24)16(17)11-26-20(21)25/h3-9H,2,10-11H2,1H3/t21-/m0/s1. The Morgan fingerprint density at radius 1 is 1.15 bits per heavy atom. The van der Waals surface area contributed by atoms with E-state index in [9.17, 15) is 9.59 Å². The van der Waals surface area contributed by atoms with Gasteiger partial charge >= 0.3 is 5.97 Å². The van der Waals surface area contributed by atoms with Crippen LogP contribution in [0.5, 0.6) is 0 Å². The van der Waals surface area contributed by atoms with Gasteiger partial charge in [-0.05, 0) is 41.0 Å². The number of halogens is 1. The minimum atomic E-state index is -2.26. The van der Waals surface area contributed by atoms with Crippen LogP contribution in [0, 0.1) is 0 Å². The van der Waals surface area contributed by atoms with Gasteiger partial charge in [0, 0.05) is 11.1 Å². The highest BCUT2D eigenvalue weighted by Crippen LogP contribution is 2.41. The van der Waals surface area contributed by atoms with E-state index in [1.165, 1.54) is 0 Å². The maximum atomic E-state index is 15.3. The molecule has 130 valence electrons. The number of rotatable bonds is 1. The van der Waals surface area contributed by atoms with E-state index in [4.69, 9.17) is 4.74 Å². The van der Waals surface area contributed by atoms with Crippen molar-refractivity contribution in [1.29, 1.82) is 0 Å². The summed E-state index contributed by atoms with van der Waals surface area (Å²) in [6, 6.07) is 13.7. The Bertz CT molecular complexity index is 1160. The molecule has 26 heavy (non-hydrogen) atoms. The Kier molecular flexibility index (Phi) is 2.97. The van der Waals surface area contributed by atoms with Crippen LogP contribution < -0.4 is 5.56 Å². The van der Waals surface area contributed by atoms with Gasteiger partial charge in [-0.25, -0.2) is 9.18 Å². The average Bonchev–Trinajstić information content (AvgIpc) is 3.01. The van der Waals surface area contributed by atoms with E-state index >= 15 is 4.39 Å². The number of carbonyl (C=O) groups excluding carboxylic acids is 1. The molecule has 0 radical (unpaired) electrons. The summed E-state index contributed by atoms with van der Waals surface area (Å²) in [5.41, 5.74) is 0.475. The first-order valence-electron chi connectivity index (χ1n) is 8.68. The lowest BCUT2D eigenvalue weighted by Gasteiger charge is -2.29. The van der Waals surface area contributed by atoms with Crippen LogP contribution in [0.3, 0.4) is 0 Å². The smallest absolute Gasteiger partial charge is 0.348 e. The first kappa shape index (κ1) is 15.3. The first-order valence-corrected chi connectivity index (χ1v) is 8.68. The number of ether oxygens (including phenoxy) is 1. The molecular weight excluding hydrogens is 333 g/mol. The highest BCUT2D eigenvalue weighted by Gasteiger charge is 2.47. The molecule has 2 aliphatic heterocycles. The highest BCUT2D eigenvalue weighted by molar-refractivity contribution is 5.90. The lowest BCUT2D eigenvalue weighted by atomic mass is 9.87. The predicted octanol–water partition coefficient (Wildman–Crippen LogP) is 3.66. The van der Waals surface area contributed by atoms with Crippen molar-refractivity contribution in [1.82, 2.24) is 4.57 Å². The zero-order valence-corrected chi connectivity index (χ0v) is 14.2. The SMILES string of the molecule is CC[C@@]1(F)C(=O)OCc2c1cc1n(c2=O)Cc2cc3ccccc3cc2-1. The molecule has 0 aliphatic carbocycles. The lowest BCUT2D eigenvalue weighted by Crippen LogP contribution is -2.41. The molecule has 2 aliphatic rings. The number of hydrogen-bond acceptors (Lipinski definition) is 3. The summed E-state index contributed by atoms with van der Waals surface area (Å²) in [4.78, 5) is 25.0. The first-order chi connectivity index (χ1) is 12.5. The molecule has 4 nitrogen and oxygen atoms in total. The van der Waals surface area contributed by atoms with Gasteiger partial charge in [0.2, 0.25) is 5.67 Å². The summed E-state index contributed by atoms with van der Waals surface area (Å²) < 4.78 is 22.0. The number of benzene rings is 2. The topological polar surface area (TPSA) is 48.3 Å². The van der Waals surface area contributed by atoms with E-state index in [2.05, 4.69) is 6.07 Å². The third kappa shape index (κ3) is 1.83. The van der Waals surface area contributed by atoms with Crippen LogP contribution in [0.4, 0.5) is 4.39 Å². The molecule has 0 amide bonds. The van der Waals surface area contributed by atoms with Crippen molar-refractivity contribution < 1.29 is 13.9 Å². The van der Waals surface area contributed by atoms with Crippen molar-refractivity contribution in [2.24, 2.45) is 0 Å². The van der Waals surface area contributed by atoms with Gasteiger partial charge in [-0.15, -0.1) is 0 Å². The van der Waals surface area contributed by atoms with Crippen molar-refractivity contribution in [3.63, 3.8) is 0 Å². The summed E-state index contributed by atoms with van der Waals surface area (Å²) in [5.74, 6) is -0.909. The van der Waals surface area contributed by atoms with Crippen molar-refractivity contribution in [3.05, 3.63) is 69.5 Å². The van der Waals surface area contributed by atoms with Gasteiger partial charge in [-0.3, -0.25) is 4.79 Å². The van der Waals surface area contributed by atoms with Crippen molar-refractivity contribution in [2.45, 2.75) is 32.2 Å². The molecule has 2 aromatic carbocycles. The number of carbonyl (C=O) groups is 1. The molecule has 0 N–H and O–H groups in total. The van der Waals surface area contributed by atoms with Crippen molar-refractivity contribution >= 4 is 16.7 Å². The Morgan fingerprint density at radius 3 is 2.62 bits per heavy atom. The number of fused-ring (bicyclic) bond motifs is 5. The number of pyridine rings is 1. The Balaban J connectivity index is 1.81. The van der Waals surface area contributed by atoms with Gasteiger partial charge in [-0.1, -0.05) is 31.2 Å². The second-order valence-electron chi connectivity index (χ2n) is 6.90. The molecule has 0 bridgehead atoms. The normalized spacial score (nSPS) is 20.5. The molecule has 0 unspecified atom stereocenters. The Labute approximate surface area is 148 Å². The molecule has 3 heterocycles.